The summed E-state index contributed by atoms with van der Waals surface area (Å²) in [5.41, 5.74) is 11.8. The van der Waals surface area contributed by atoms with Gasteiger partial charge in [0.2, 0.25) is 0 Å². The van der Waals surface area contributed by atoms with Crippen molar-refractivity contribution in [2.24, 2.45) is 0 Å². The lowest BCUT2D eigenvalue weighted by Gasteiger charge is -2.25. The maximum atomic E-state index is 6.57. The maximum Gasteiger partial charge on any atom is 0.170 e. The van der Waals surface area contributed by atoms with Crippen molar-refractivity contribution in [3.05, 3.63) is 157 Å². The zero-order valence-electron chi connectivity index (χ0n) is 26.1. The molecule has 9 rings (SSSR count). The number of benzene rings is 6. The lowest BCUT2D eigenvalue weighted by Crippen LogP contribution is -2.15. The highest BCUT2D eigenvalue weighted by atomic mass is 16.6. The summed E-state index contributed by atoms with van der Waals surface area (Å²) in [6.45, 7) is 4.54. The van der Waals surface area contributed by atoms with Gasteiger partial charge >= 0.3 is 0 Å². The Hall–Kier alpha value is -6.00. The average Bonchev–Trinajstić information content (AvgIpc) is 3.35. The summed E-state index contributed by atoms with van der Waals surface area (Å²) >= 11 is 0. The van der Waals surface area contributed by atoms with E-state index in [2.05, 4.69) is 105 Å². The van der Waals surface area contributed by atoms with Crippen LogP contribution in [0.25, 0.3) is 56.2 Å². The molecule has 4 heteroatoms. The van der Waals surface area contributed by atoms with Gasteiger partial charge in [-0.3, -0.25) is 0 Å². The highest BCUT2D eigenvalue weighted by Gasteiger charge is 2.37. The van der Waals surface area contributed by atoms with Crippen LogP contribution in [0, 0.1) is 0 Å². The molecule has 0 amide bonds. The molecule has 2 aliphatic rings. The monoisotopic (exact) mass is 606 g/mol. The van der Waals surface area contributed by atoms with E-state index in [1.165, 1.54) is 22.3 Å². The molecule has 1 aliphatic heterocycles. The van der Waals surface area contributed by atoms with Gasteiger partial charge in [0.1, 0.15) is 0 Å². The van der Waals surface area contributed by atoms with E-state index in [1.807, 2.05) is 54.6 Å². The molecule has 47 heavy (non-hydrogen) atoms. The normalized spacial score (nSPS) is 13.4. The Morgan fingerprint density at radius 3 is 1.79 bits per heavy atom. The summed E-state index contributed by atoms with van der Waals surface area (Å²) in [7, 11) is 0. The van der Waals surface area contributed by atoms with Crippen molar-refractivity contribution in [3.8, 4) is 79.2 Å². The van der Waals surface area contributed by atoms with Gasteiger partial charge in [-0.15, -0.1) is 0 Å². The van der Waals surface area contributed by atoms with Crippen LogP contribution in [0.3, 0.4) is 0 Å². The second-order valence-corrected chi connectivity index (χ2v) is 12.7. The fourth-order valence-electron chi connectivity index (χ4n) is 6.88. The molecule has 1 aliphatic carbocycles. The molecule has 224 valence electrons. The molecule has 0 saturated carbocycles. The molecule has 0 radical (unpaired) electrons. The third kappa shape index (κ3) is 4.60. The van der Waals surface area contributed by atoms with Crippen LogP contribution in [0.1, 0.15) is 25.0 Å². The van der Waals surface area contributed by atoms with Crippen molar-refractivity contribution >= 4 is 0 Å². The molecule has 4 nitrogen and oxygen atoms in total. The number of ether oxygens (including phenoxy) is 2. The van der Waals surface area contributed by atoms with Crippen molar-refractivity contribution in [2.75, 3.05) is 0 Å². The number of hydrogen-bond acceptors (Lipinski definition) is 4. The van der Waals surface area contributed by atoms with Gasteiger partial charge in [0.05, 0.1) is 11.4 Å². The Morgan fingerprint density at radius 1 is 0.404 bits per heavy atom. The molecular weight excluding hydrogens is 576 g/mol. The van der Waals surface area contributed by atoms with E-state index in [4.69, 9.17) is 19.4 Å². The lowest BCUT2D eigenvalue weighted by molar-refractivity contribution is 0.359. The summed E-state index contributed by atoms with van der Waals surface area (Å²) in [5, 5.41) is 0. The van der Waals surface area contributed by atoms with Crippen molar-refractivity contribution in [1.29, 1.82) is 0 Å². The Balaban J connectivity index is 1.13. The second-order valence-electron chi connectivity index (χ2n) is 12.7. The number of hydrogen-bond donors (Lipinski definition) is 0. The van der Waals surface area contributed by atoms with E-state index in [1.54, 1.807) is 0 Å². The number of fused-ring (bicyclic) bond motifs is 5. The highest BCUT2D eigenvalue weighted by Crippen LogP contribution is 2.55. The molecule has 0 bridgehead atoms. The topological polar surface area (TPSA) is 44.2 Å². The Kier molecular flexibility index (Phi) is 6.12. The zero-order valence-corrected chi connectivity index (χ0v) is 26.1. The van der Waals surface area contributed by atoms with Gasteiger partial charge in [-0.25, -0.2) is 9.97 Å². The molecule has 0 spiro atoms. The minimum Gasteiger partial charge on any atom is -0.450 e. The molecule has 0 saturated heterocycles. The van der Waals surface area contributed by atoms with Gasteiger partial charge in [0.15, 0.2) is 28.8 Å². The van der Waals surface area contributed by atoms with Crippen molar-refractivity contribution in [2.45, 2.75) is 19.3 Å². The lowest BCUT2D eigenvalue weighted by atomic mass is 9.82. The summed E-state index contributed by atoms with van der Waals surface area (Å²) in [6, 6.07) is 50.0. The van der Waals surface area contributed by atoms with E-state index in [-0.39, 0.29) is 5.41 Å². The van der Waals surface area contributed by atoms with Gasteiger partial charge in [-0.2, -0.15) is 0 Å². The van der Waals surface area contributed by atoms with Crippen LogP contribution in [-0.4, -0.2) is 9.97 Å². The average molecular weight is 607 g/mol. The quantitative estimate of drug-likeness (QED) is 0.200. The van der Waals surface area contributed by atoms with E-state index >= 15 is 0 Å². The molecule has 2 heterocycles. The smallest absolute Gasteiger partial charge is 0.170 e. The number of nitrogens with zero attached hydrogens (tertiary/aromatic N) is 2. The van der Waals surface area contributed by atoms with E-state index in [0.717, 1.165) is 45.0 Å². The largest absolute Gasteiger partial charge is 0.450 e. The van der Waals surface area contributed by atoms with E-state index in [9.17, 15) is 0 Å². The summed E-state index contributed by atoms with van der Waals surface area (Å²) in [4.78, 5) is 10.1. The third-order valence-corrected chi connectivity index (χ3v) is 9.35. The van der Waals surface area contributed by atoms with Crippen molar-refractivity contribution in [1.82, 2.24) is 9.97 Å². The molecule has 1 aromatic heterocycles. The number of rotatable bonds is 4. The third-order valence-electron chi connectivity index (χ3n) is 9.35. The van der Waals surface area contributed by atoms with Crippen LogP contribution in [-0.2, 0) is 5.41 Å². The predicted octanol–water partition coefficient (Wildman–Crippen LogP) is 11.3. The Bertz CT molecular complexity index is 2330. The first-order valence-corrected chi connectivity index (χ1v) is 15.9. The standard InChI is InChI=1S/C43H30N2O2/c1-43(2)34-19-10-9-18-32(34)33-24-40-41(25-35(33)43)46-38-21-20-31(23-39(38)47-40)37-26-36(44-42(45-37)28-14-7-4-8-15-28)30-17-11-16-29(22-30)27-12-5-3-6-13-27/h3-26H,1-2H3. The van der Waals surface area contributed by atoms with Crippen LogP contribution in [0.4, 0.5) is 0 Å². The predicted molar refractivity (Wildman–Crippen MR) is 188 cm³/mol. The maximum absolute atomic E-state index is 6.57. The van der Waals surface area contributed by atoms with Gasteiger partial charge in [0.25, 0.3) is 0 Å². The summed E-state index contributed by atoms with van der Waals surface area (Å²) in [5.74, 6) is 3.46. The first-order chi connectivity index (χ1) is 23.0. The van der Waals surface area contributed by atoms with Crippen molar-refractivity contribution in [3.63, 3.8) is 0 Å². The highest BCUT2D eigenvalue weighted by molar-refractivity contribution is 5.84. The molecule has 0 unspecified atom stereocenters. The van der Waals surface area contributed by atoms with Crippen LogP contribution >= 0.6 is 0 Å². The Morgan fingerprint density at radius 2 is 1.00 bits per heavy atom. The van der Waals surface area contributed by atoms with Gasteiger partial charge in [0, 0.05) is 22.1 Å². The zero-order chi connectivity index (χ0) is 31.5. The molecular formula is C43H30N2O2. The summed E-state index contributed by atoms with van der Waals surface area (Å²) in [6.07, 6.45) is 0. The minimum absolute atomic E-state index is 0.115. The molecule has 0 fully saturated rings. The van der Waals surface area contributed by atoms with Gasteiger partial charge in [-0.1, -0.05) is 117 Å². The first-order valence-electron chi connectivity index (χ1n) is 15.9. The van der Waals surface area contributed by atoms with Crippen molar-refractivity contribution < 1.29 is 9.47 Å². The van der Waals surface area contributed by atoms with Crippen LogP contribution in [0.5, 0.6) is 23.0 Å². The fourth-order valence-corrected chi connectivity index (χ4v) is 6.88. The summed E-state index contributed by atoms with van der Waals surface area (Å²) < 4.78 is 13.0. The van der Waals surface area contributed by atoms with Gasteiger partial charge < -0.3 is 9.47 Å². The van der Waals surface area contributed by atoms with Crippen LogP contribution in [0.2, 0.25) is 0 Å². The number of aromatic nitrogens is 2. The molecule has 6 aromatic carbocycles. The minimum atomic E-state index is -0.115. The second kappa shape index (κ2) is 10.5. The van der Waals surface area contributed by atoms with Gasteiger partial charge in [-0.05, 0) is 75.8 Å². The van der Waals surface area contributed by atoms with Crippen LogP contribution in [0.15, 0.2) is 146 Å². The SMILES string of the molecule is CC1(C)c2ccccc2-c2cc3c(cc21)Oc1ccc(-c2cc(-c4cccc(-c5ccccc5)c4)nc(-c4ccccc4)n2)cc1O3. The van der Waals surface area contributed by atoms with E-state index in [0.29, 0.717) is 23.1 Å². The first kappa shape index (κ1) is 27.3. The molecule has 7 aromatic rings. The Labute approximate surface area is 274 Å². The van der Waals surface area contributed by atoms with Crippen LogP contribution < -0.4 is 9.47 Å². The molecule has 0 N–H and O–H groups in total. The molecule has 0 atom stereocenters. The fraction of sp³-hybridized carbons (Fsp3) is 0.0698. The van der Waals surface area contributed by atoms with E-state index < -0.39 is 0 Å².